The number of carbonyl (C=O) groups is 1. The molecular weight excluding hydrogens is 404 g/mol. The maximum absolute atomic E-state index is 12.4. The number of fused-ring (bicyclic) bond motifs is 1. The van der Waals surface area contributed by atoms with E-state index in [2.05, 4.69) is 41.6 Å². The van der Waals surface area contributed by atoms with Crippen molar-refractivity contribution in [3.8, 4) is 0 Å². The Morgan fingerprint density at radius 1 is 1.13 bits per heavy atom. The number of aromatic nitrogens is 1. The van der Waals surface area contributed by atoms with Crippen LogP contribution in [0.2, 0.25) is 0 Å². The van der Waals surface area contributed by atoms with Gasteiger partial charge in [-0.2, -0.15) is 0 Å². The number of unbranched alkanes of at least 4 members (excludes halogenated alkanes) is 2. The van der Waals surface area contributed by atoms with Gasteiger partial charge in [-0.25, -0.2) is 0 Å². The molecule has 0 saturated heterocycles. The van der Waals surface area contributed by atoms with Crippen LogP contribution in [0, 0.1) is 0 Å². The van der Waals surface area contributed by atoms with Crippen molar-refractivity contribution >= 4 is 34.1 Å². The molecule has 0 spiro atoms. The van der Waals surface area contributed by atoms with Crippen molar-refractivity contribution in [2.45, 2.75) is 52.2 Å². The minimum Gasteiger partial charge on any atom is -0.390 e. The van der Waals surface area contributed by atoms with Gasteiger partial charge in [0.2, 0.25) is 0 Å². The quantitative estimate of drug-likeness (QED) is 0.268. The van der Waals surface area contributed by atoms with E-state index in [1.54, 1.807) is 6.08 Å². The molecular formula is C26H34N2O2S. The summed E-state index contributed by atoms with van der Waals surface area (Å²) >= 11 is 1.46. The second-order valence-corrected chi connectivity index (χ2v) is 9.04. The van der Waals surface area contributed by atoms with E-state index in [1.165, 1.54) is 24.2 Å². The van der Waals surface area contributed by atoms with Crippen LogP contribution >= 0.6 is 11.3 Å². The highest BCUT2D eigenvalue weighted by Gasteiger charge is 2.14. The summed E-state index contributed by atoms with van der Waals surface area (Å²) in [5, 5.41) is 13.9. The van der Waals surface area contributed by atoms with Crippen molar-refractivity contribution < 1.29 is 9.90 Å². The number of nitrogens with zero attached hydrogens (tertiary/aromatic N) is 2. The monoisotopic (exact) mass is 438 g/mol. The lowest BCUT2D eigenvalue weighted by atomic mass is 10.1. The van der Waals surface area contributed by atoms with Crippen LogP contribution in [-0.4, -0.2) is 46.1 Å². The summed E-state index contributed by atoms with van der Waals surface area (Å²) in [5.41, 5.74) is 2.08. The van der Waals surface area contributed by atoms with E-state index >= 15 is 0 Å². The van der Waals surface area contributed by atoms with Crippen LogP contribution in [0.4, 0.5) is 0 Å². The van der Waals surface area contributed by atoms with E-state index in [4.69, 9.17) is 0 Å². The van der Waals surface area contributed by atoms with Gasteiger partial charge in [-0.3, -0.25) is 4.79 Å². The number of aliphatic hydroxyl groups excluding tert-OH is 1. The second-order valence-electron chi connectivity index (χ2n) is 8.09. The number of para-hydroxylation sites is 1. The number of carbonyl (C=O) groups excluding carboxylic acids is 1. The predicted octanol–water partition coefficient (Wildman–Crippen LogP) is 5.86. The topological polar surface area (TPSA) is 45.5 Å². The standard InChI is InChI=1S/C26H34N2O2S/c1-3-5-15-27(16-6-4-2)19-22(29)20-28-18-21(23-10-7-8-11-24(23)28)13-14-25(30)26-12-9-17-31-26/h7-14,17-18,22,29H,3-6,15-16,19-20H2,1-2H3/b14-13+/t22-/m0/s1. The lowest BCUT2D eigenvalue weighted by Crippen LogP contribution is -2.36. The number of hydrogen-bond acceptors (Lipinski definition) is 4. The minimum absolute atomic E-state index is 0.0226. The van der Waals surface area contributed by atoms with E-state index in [9.17, 15) is 9.90 Å². The van der Waals surface area contributed by atoms with Crippen molar-refractivity contribution in [1.29, 1.82) is 0 Å². The second kappa shape index (κ2) is 12.0. The Labute approximate surface area is 189 Å². The summed E-state index contributed by atoms with van der Waals surface area (Å²) < 4.78 is 2.12. The number of ketones is 1. The summed E-state index contributed by atoms with van der Waals surface area (Å²) in [7, 11) is 0. The maximum Gasteiger partial charge on any atom is 0.195 e. The Bertz CT molecular complexity index is 967. The zero-order valence-electron chi connectivity index (χ0n) is 18.7. The molecule has 166 valence electrons. The molecule has 3 rings (SSSR count). The number of hydrogen-bond donors (Lipinski definition) is 1. The van der Waals surface area contributed by atoms with Gasteiger partial charge >= 0.3 is 0 Å². The number of rotatable bonds is 13. The lowest BCUT2D eigenvalue weighted by Gasteiger charge is -2.25. The summed E-state index contributed by atoms with van der Waals surface area (Å²) in [4.78, 5) is 15.5. The largest absolute Gasteiger partial charge is 0.390 e. The van der Waals surface area contributed by atoms with Gasteiger partial charge in [-0.05, 0) is 55.6 Å². The average Bonchev–Trinajstić information content (AvgIpc) is 3.43. The van der Waals surface area contributed by atoms with Crippen LogP contribution in [0.1, 0.15) is 54.8 Å². The van der Waals surface area contributed by atoms with E-state index in [-0.39, 0.29) is 5.78 Å². The molecule has 1 N–H and O–H groups in total. The minimum atomic E-state index is -0.436. The summed E-state index contributed by atoms with van der Waals surface area (Å²) in [6.45, 7) is 7.73. The molecule has 1 aromatic carbocycles. The first-order chi connectivity index (χ1) is 15.1. The van der Waals surface area contributed by atoms with Gasteiger partial charge in [0.05, 0.1) is 11.0 Å². The molecule has 0 bridgehead atoms. The van der Waals surface area contributed by atoms with Crippen LogP contribution in [0.25, 0.3) is 17.0 Å². The molecule has 4 nitrogen and oxygen atoms in total. The van der Waals surface area contributed by atoms with Crippen LogP contribution in [0.5, 0.6) is 0 Å². The van der Waals surface area contributed by atoms with Crippen LogP contribution in [0.3, 0.4) is 0 Å². The summed E-state index contributed by atoms with van der Waals surface area (Å²) in [6, 6.07) is 11.9. The highest BCUT2D eigenvalue weighted by molar-refractivity contribution is 7.12. The fourth-order valence-electron chi connectivity index (χ4n) is 3.87. The number of thiophene rings is 1. The van der Waals surface area contributed by atoms with Gasteiger partial charge < -0.3 is 14.6 Å². The third kappa shape index (κ3) is 6.63. The molecule has 0 saturated carbocycles. The van der Waals surface area contributed by atoms with Crippen molar-refractivity contribution in [3.05, 3.63) is 64.5 Å². The van der Waals surface area contributed by atoms with Crippen LogP contribution < -0.4 is 0 Å². The van der Waals surface area contributed by atoms with Gasteiger partial charge in [0, 0.05) is 35.8 Å². The first-order valence-corrected chi connectivity index (χ1v) is 12.2. The fourth-order valence-corrected chi connectivity index (χ4v) is 4.51. The first kappa shape index (κ1) is 23.5. The lowest BCUT2D eigenvalue weighted by molar-refractivity contribution is 0.0973. The summed E-state index contributed by atoms with van der Waals surface area (Å²) in [6.07, 6.45) is 9.81. The van der Waals surface area contributed by atoms with Crippen molar-refractivity contribution in [1.82, 2.24) is 9.47 Å². The molecule has 0 aliphatic rings. The summed E-state index contributed by atoms with van der Waals surface area (Å²) in [5.74, 6) is 0.0226. The number of allylic oxidation sites excluding steroid dienone is 1. The predicted molar refractivity (Wildman–Crippen MR) is 132 cm³/mol. The Balaban J connectivity index is 1.73. The number of benzene rings is 1. The molecule has 3 aromatic rings. The van der Waals surface area contributed by atoms with Crippen LogP contribution in [-0.2, 0) is 6.54 Å². The zero-order chi connectivity index (χ0) is 22.1. The van der Waals surface area contributed by atoms with E-state index < -0.39 is 6.10 Å². The van der Waals surface area contributed by atoms with E-state index in [0.717, 1.165) is 47.3 Å². The smallest absolute Gasteiger partial charge is 0.195 e. The molecule has 0 unspecified atom stereocenters. The Morgan fingerprint density at radius 2 is 1.87 bits per heavy atom. The van der Waals surface area contributed by atoms with E-state index in [0.29, 0.717) is 13.1 Å². The molecule has 0 aliphatic carbocycles. The van der Waals surface area contributed by atoms with Crippen molar-refractivity contribution in [3.63, 3.8) is 0 Å². The normalized spacial score (nSPS) is 12.9. The molecule has 2 aromatic heterocycles. The van der Waals surface area contributed by atoms with Gasteiger partial charge in [-0.15, -0.1) is 11.3 Å². The SMILES string of the molecule is CCCCN(CCCC)C[C@H](O)Cn1cc(/C=C/C(=O)c2cccs2)c2ccccc21. The third-order valence-electron chi connectivity index (χ3n) is 5.53. The van der Waals surface area contributed by atoms with Gasteiger partial charge in [0.15, 0.2) is 5.78 Å². The van der Waals surface area contributed by atoms with Gasteiger partial charge in [-0.1, -0.05) is 51.0 Å². The Hall–Kier alpha value is -2.21. The first-order valence-electron chi connectivity index (χ1n) is 11.4. The highest BCUT2D eigenvalue weighted by Crippen LogP contribution is 2.23. The molecule has 1 atom stereocenters. The Kier molecular flexibility index (Phi) is 9.07. The van der Waals surface area contributed by atoms with E-state index in [1.807, 2.05) is 35.7 Å². The molecule has 0 aliphatic heterocycles. The highest BCUT2D eigenvalue weighted by atomic mass is 32.1. The molecule has 0 amide bonds. The maximum atomic E-state index is 12.4. The molecule has 31 heavy (non-hydrogen) atoms. The fraction of sp³-hybridized carbons (Fsp3) is 0.423. The van der Waals surface area contributed by atoms with Crippen LogP contribution in [0.15, 0.2) is 54.1 Å². The molecule has 0 radical (unpaired) electrons. The van der Waals surface area contributed by atoms with Crippen molar-refractivity contribution in [2.75, 3.05) is 19.6 Å². The van der Waals surface area contributed by atoms with Crippen molar-refractivity contribution in [2.24, 2.45) is 0 Å². The average molecular weight is 439 g/mol. The zero-order valence-corrected chi connectivity index (χ0v) is 19.5. The van der Waals surface area contributed by atoms with Gasteiger partial charge in [0.25, 0.3) is 0 Å². The molecule has 2 heterocycles. The Morgan fingerprint density at radius 3 is 2.55 bits per heavy atom. The third-order valence-corrected chi connectivity index (χ3v) is 6.41. The molecule has 0 fully saturated rings. The van der Waals surface area contributed by atoms with Gasteiger partial charge in [0.1, 0.15) is 0 Å². The number of aliphatic hydroxyl groups is 1. The molecule has 5 heteroatoms.